The van der Waals surface area contributed by atoms with Crippen LogP contribution in [0.2, 0.25) is 0 Å². The Kier molecular flexibility index (Phi) is 5.81. The van der Waals surface area contributed by atoms with Crippen molar-refractivity contribution in [1.29, 1.82) is 0 Å². The number of nitrogens with zero attached hydrogens (tertiary/aromatic N) is 3. The second-order valence-electron chi connectivity index (χ2n) is 8.12. The molecule has 0 spiro atoms. The normalized spacial score (nSPS) is 29.6. The standard InChI is InChI=1S/C19H24N4O7S/c1-8-14-13(9(2)24)17(25)23(14)15(19(28)29)16(8)31-11-4-20-7-22(6-11)5-10-3-12(18(26)27)21-30-10/h3,8-9,11,13-14,20,24H,4-7H2,1-2H3,(H,26,27)(H,28,29)/t8-,9-,11?,13-,14?/m1/s1. The Balaban J connectivity index is 1.47. The van der Waals surface area contributed by atoms with Crippen LogP contribution in [0.15, 0.2) is 21.2 Å². The smallest absolute Gasteiger partial charge is 0.358 e. The predicted octanol–water partition coefficient (Wildman–Crippen LogP) is -0.00900. The molecule has 5 atom stereocenters. The molecular weight excluding hydrogens is 428 g/mol. The van der Waals surface area contributed by atoms with Crippen LogP contribution >= 0.6 is 11.8 Å². The zero-order chi connectivity index (χ0) is 22.4. The number of β-lactam (4-membered cyclic amide) rings is 1. The molecule has 12 heteroatoms. The SMILES string of the molecule is C[C@H]1C(SC2CNCN(Cc3cc(C(=O)O)no3)C2)=C(C(=O)O)N2C(=O)[C@H]([C@@H](C)O)C12. The van der Waals surface area contributed by atoms with Crippen LogP contribution in [0.3, 0.4) is 0 Å². The third kappa shape index (κ3) is 3.84. The molecule has 168 valence electrons. The van der Waals surface area contributed by atoms with E-state index in [-0.39, 0.29) is 34.5 Å². The van der Waals surface area contributed by atoms with Crippen LogP contribution in [0.1, 0.15) is 30.1 Å². The lowest BCUT2D eigenvalue weighted by molar-refractivity contribution is -0.163. The van der Waals surface area contributed by atoms with E-state index in [0.717, 1.165) is 0 Å². The van der Waals surface area contributed by atoms with Crippen LogP contribution in [-0.4, -0.2) is 85.3 Å². The molecule has 2 fully saturated rings. The molecular formula is C19H24N4O7S. The van der Waals surface area contributed by atoms with Crippen molar-refractivity contribution in [2.24, 2.45) is 11.8 Å². The molecule has 0 radical (unpaired) electrons. The van der Waals surface area contributed by atoms with E-state index in [9.17, 15) is 24.6 Å². The Morgan fingerprint density at radius 2 is 2.13 bits per heavy atom. The fourth-order valence-corrected chi connectivity index (χ4v) is 6.06. The number of aliphatic hydroxyl groups excluding tert-OH is 1. The maximum atomic E-state index is 12.5. The van der Waals surface area contributed by atoms with Crippen LogP contribution in [0.25, 0.3) is 0 Å². The second kappa shape index (κ2) is 8.26. The van der Waals surface area contributed by atoms with Crippen LogP contribution in [0, 0.1) is 11.8 Å². The number of aromatic carboxylic acids is 1. The van der Waals surface area contributed by atoms with E-state index in [2.05, 4.69) is 10.5 Å². The summed E-state index contributed by atoms with van der Waals surface area (Å²) in [6.07, 6.45) is -0.833. The van der Waals surface area contributed by atoms with Crippen LogP contribution < -0.4 is 5.32 Å². The number of carbonyl (C=O) groups is 3. The largest absolute Gasteiger partial charge is 0.477 e. The summed E-state index contributed by atoms with van der Waals surface area (Å²) in [4.78, 5) is 39.4. The van der Waals surface area contributed by atoms with Crippen molar-refractivity contribution < 1.29 is 34.2 Å². The molecule has 1 aromatic heterocycles. The number of aliphatic hydroxyl groups is 1. The summed E-state index contributed by atoms with van der Waals surface area (Å²) < 4.78 is 5.08. The first-order valence-electron chi connectivity index (χ1n) is 9.96. The predicted molar refractivity (Wildman–Crippen MR) is 108 cm³/mol. The zero-order valence-corrected chi connectivity index (χ0v) is 17.8. The minimum Gasteiger partial charge on any atom is -0.477 e. The van der Waals surface area contributed by atoms with E-state index in [4.69, 9.17) is 9.63 Å². The number of carboxylic acids is 2. The van der Waals surface area contributed by atoms with Gasteiger partial charge >= 0.3 is 11.9 Å². The molecule has 2 unspecified atom stereocenters. The lowest BCUT2D eigenvalue weighted by Crippen LogP contribution is -2.63. The van der Waals surface area contributed by atoms with Gasteiger partial charge in [-0.3, -0.25) is 9.69 Å². The first-order valence-corrected chi connectivity index (χ1v) is 10.8. The minimum absolute atomic E-state index is 0.0150. The topological polar surface area (TPSA) is 156 Å². The van der Waals surface area contributed by atoms with Gasteiger partial charge in [-0.15, -0.1) is 11.8 Å². The minimum atomic E-state index is -1.15. The Morgan fingerprint density at radius 1 is 1.39 bits per heavy atom. The quantitative estimate of drug-likeness (QED) is 0.413. The zero-order valence-electron chi connectivity index (χ0n) is 17.0. The Morgan fingerprint density at radius 3 is 2.74 bits per heavy atom. The number of nitrogens with one attached hydrogen (secondary N) is 1. The third-order valence-electron chi connectivity index (χ3n) is 5.93. The third-order valence-corrected chi connectivity index (χ3v) is 7.40. The number of hydrogen-bond acceptors (Lipinski definition) is 9. The van der Waals surface area contributed by atoms with Crippen LogP contribution in [0.5, 0.6) is 0 Å². The van der Waals surface area contributed by atoms with Crippen molar-refractivity contribution in [2.45, 2.75) is 37.8 Å². The Hall–Kier alpha value is -2.41. The first kappa shape index (κ1) is 21.8. The number of hydrogen-bond donors (Lipinski definition) is 4. The Bertz CT molecular complexity index is 945. The average Bonchev–Trinajstić information content (AvgIpc) is 3.24. The van der Waals surface area contributed by atoms with Gasteiger partial charge in [-0.05, 0) is 6.92 Å². The summed E-state index contributed by atoms with van der Waals surface area (Å²) in [5.41, 5.74) is -0.133. The number of aliphatic carboxylic acids is 1. The average molecular weight is 452 g/mol. The monoisotopic (exact) mass is 452 g/mol. The molecule has 3 aliphatic heterocycles. The van der Waals surface area contributed by atoms with Gasteiger partial charge in [0.2, 0.25) is 5.91 Å². The fraction of sp³-hybridized carbons (Fsp3) is 0.579. The molecule has 1 amide bonds. The molecule has 4 heterocycles. The van der Waals surface area contributed by atoms with E-state index in [1.54, 1.807) is 6.92 Å². The van der Waals surface area contributed by atoms with Crippen molar-refractivity contribution in [1.82, 2.24) is 20.3 Å². The fourth-order valence-electron chi connectivity index (χ4n) is 4.57. The van der Waals surface area contributed by atoms with E-state index < -0.39 is 24.0 Å². The van der Waals surface area contributed by atoms with E-state index in [0.29, 0.717) is 37.0 Å². The number of rotatable bonds is 7. The first-order chi connectivity index (χ1) is 14.7. The highest BCUT2D eigenvalue weighted by Gasteiger charge is 2.60. The van der Waals surface area contributed by atoms with Gasteiger partial charge in [0.15, 0.2) is 11.5 Å². The summed E-state index contributed by atoms with van der Waals surface area (Å²) in [7, 11) is 0. The van der Waals surface area contributed by atoms with Crippen LogP contribution in [-0.2, 0) is 16.1 Å². The molecule has 3 aliphatic rings. The molecule has 0 bridgehead atoms. The van der Waals surface area contributed by atoms with Crippen molar-refractivity contribution in [2.75, 3.05) is 19.8 Å². The number of amides is 1. The van der Waals surface area contributed by atoms with Gasteiger partial charge in [0, 0.05) is 41.9 Å². The van der Waals surface area contributed by atoms with Crippen molar-refractivity contribution in [3.05, 3.63) is 28.1 Å². The lowest BCUT2D eigenvalue weighted by Gasteiger charge is -2.46. The number of aromatic nitrogens is 1. The second-order valence-corrected chi connectivity index (χ2v) is 9.46. The number of carboxylic acid groups (broad SMARTS) is 2. The van der Waals surface area contributed by atoms with E-state index in [1.165, 1.54) is 22.7 Å². The molecule has 4 rings (SSSR count). The van der Waals surface area contributed by atoms with Gasteiger partial charge in [0.1, 0.15) is 5.70 Å². The molecule has 4 N–H and O–H groups in total. The van der Waals surface area contributed by atoms with Gasteiger partial charge in [-0.1, -0.05) is 12.1 Å². The summed E-state index contributed by atoms with van der Waals surface area (Å²) in [5, 5.41) is 35.5. The number of thioether (sulfide) groups is 1. The Labute approximate surface area is 182 Å². The lowest BCUT2D eigenvalue weighted by atomic mass is 9.79. The summed E-state index contributed by atoms with van der Waals surface area (Å²) in [5.74, 6) is -2.98. The number of carbonyl (C=O) groups excluding carboxylic acids is 1. The van der Waals surface area contributed by atoms with Gasteiger partial charge in [-0.2, -0.15) is 0 Å². The maximum Gasteiger partial charge on any atom is 0.358 e. The summed E-state index contributed by atoms with van der Waals surface area (Å²) >= 11 is 1.44. The number of fused-ring (bicyclic) bond motifs is 1. The molecule has 11 nitrogen and oxygen atoms in total. The molecule has 1 aromatic rings. The van der Waals surface area contributed by atoms with Gasteiger partial charge < -0.3 is 30.1 Å². The van der Waals surface area contributed by atoms with E-state index >= 15 is 0 Å². The van der Waals surface area contributed by atoms with Crippen molar-refractivity contribution in [3.8, 4) is 0 Å². The molecule has 0 aromatic carbocycles. The maximum absolute atomic E-state index is 12.5. The van der Waals surface area contributed by atoms with Gasteiger partial charge in [0.05, 0.1) is 24.6 Å². The highest BCUT2D eigenvalue weighted by atomic mass is 32.2. The van der Waals surface area contributed by atoms with Crippen molar-refractivity contribution in [3.63, 3.8) is 0 Å². The van der Waals surface area contributed by atoms with Crippen molar-refractivity contribution >= 4 is 29.6 Å². The molecule has 2 saturated heterocycles. The summed E-state index contributed by atoms with van der Waals surface area (Å²) in [6.45, 7) is 5.65. The highest BCUT2D eigenvalue weighted by molar-refractivity contribution is 8.03. The van der Waals surface area contributed by atoms with Gasteiger partial charge in [0.25, 0.3) is 0 Å². The van der Waals surface area contributed by atoms with Crippen LogP contribution in [0.4, 0.5) is 0 Å². The summed E-state index contributed by atoms with van der Waals surface area (Å²) in [6, 6.07) is 1.05. The van der Waals surface area contributed by atoms with Gasteiger partial charge in [-0.25, -0.2) is 9.59 Å². The molecule has 0 aliphatic carbocycles. The molecule has 31 heavy (non-hydrogen) atoms. The van der Waals surface area contributed by atoms with E-state index in [1.807, 2.05) is 11.8 Å². The highest BCUT2D eigenvalue weighted by Crippen LogP contribution is 2.51. The molecule has 0 saturated carbocycles.